The Kier molecular flexibility index (Phi) is 7.09. The topological polar surface area (TPSA) is 83.1 Å². The Balaban J connectivity index is 1.26. The van der Waals surface area contributed by atoms with Crippen molar-refractivity contribution < 1.29 is 4.74 Å². The number of hydrogen-bond donors (Lipinski definition) is 0. The molecule has 0 radical (unpaired) electrons. The molecule has 0 unspecified atom stereocenters. The minimum Gasteiger partial charge on any atom is -0.453 e. The highest BCUT2D eigenvalue weighted by molar-refractivity contribution is 6.13. The smallest absolute Gasteiger partial charge is 0.241 e. The molecule has 0 spiro atoms. The number of nitriles is 1. The van der Waals surface area contributed by atoms with Gasteiger partial charge in [0.2, 0.25) is 17.8 Å². The van der Waals surface area contributed by atoms with Crippen LogP contribution in [0.3, 0.4) is 0 Å². The Morgan fingerprint density at radius 2 is 1.02 bits per heavy atom. The number of nitrogens with zero attached hydrogens (tertiary/aromatic N) is 7. The molecule has 270 valence electrons. The fraction of sp³-hybridized carbons (Fsp3) is 0.0612. The van der Waals surface area contributed by atoms with Crippen LogP contribution in [-0.2, 0) is 5.41 Å². The van der Waals surface area contributed by atoms with Crippen molar-refractivity contribution in [3.63, 3.8) is 0 Å². The lowest BCUT2D eigenvalue weighted by atomic mass is 9.74. The van der Waals surface area contributed by atoms with Crippen LogP contribution in [0.5, 0.6) is 11.5 Å². The average Bonchev–Trinajstić information content (AvgIpc) is 3.60. The molecular formula is C49H33N7O. The first-order valence-corrected chi connectivity index (χ1v) is 18.9. The van der Waals surface area contributed by atoms with E-state index in [0.29, 0.717) is 34.9 Å². The monoisotopic (exact) mass is 735 g/mol. The first-order chi connectivity index (χ1) is 28.0. The van der Waals surface area contributed by atoms with Crippen molar-refractivity contribution in [3.05, 3.63) is 180 Å². The largest absolute Gasteiger partial charge is 0.453 e. The van der Waals surface area contributed by atoms with Crippen molar-refractivity contribution in [3.8, 4) is 34.6 Å². The van der Waals surface area contributed by atoms with Crippen LogP contribution in [0, 0.1) is 11.3 Å². The van der Waals surface area contributed by atoms with Crippen LogP contribution in [0.25, 0.3) is 38.9 Å². The number of anilines is 6. The van der Waals surface area contributed by atoms with Gasteiger partial charge in [-0.3, -0.25) is 14.4 Å². The van der Waals surface area contributed by atoms with E-state index in [1.807, 2.05) is 72.8 Å². The molecule has 8 heteroatoms. The maximum absolute atomic E-state index is 9.61. The summed E-state index contributed by atoms with van der Waals surface area (Å²) in [5.74, 6) is 2.79. The summed E-state index contributed by atoms with van der Waals surface area (Å²) in [6, 6.07) is 57.7. The third-order valence-corrected chi connectivity index (χ3v) is 11.3. The van der Waals surface area contributed by atoms with Gasteiger partial charge in [-0.25, -0.2) is 0 Å². The zero-order valence-corrected chi connectivity index (χ0v) is 31.1. The molecule has 0 N–H and O–H groups in total. The van der Waals surface area contributed by atoms with Gasteiger partial charge in [0.25, 0.3) is 0 Å². The molecule has 4 heterocycles. The summed E-state index contributed by atoms with van der Waals surface area (Å²) >= 11 is 0. The first kappa shape index (κ1) is 32.7. The predicted molar refractivity (Wildman–Crippen MR) is 226 cm³/mol. The van der Waals surface area contributed by atoms with E-state index in [1.54, 1.807) is 0 Å². The second-order valence-corrected chi connectivity index (χ2v) is 14.8. The molecule has 57 heavy (non-hydrogen) atoms. The molecule has 2 aliphatic heterocycles. The fourth-order valence-corrected chi connectivity index (χ4v) is 8.63. The molecule has 0 atom stereocenters. The maximum Gasteiger partial charge on any atom is 0.241 e. The first-order valence-electron chi connectivity index (χ1n) is 18.9. The van der Waals surface area contributed by atoms with Crippen LogP contribution in [0.4, 0.5) is 34.6 Å². The summed E-state index contributed by atoms with van der Waals surface area (Å²) in [5, 5.41) is 11.7. The Morgan fingerprint density at radius 1 is 0.509 bits per heavy atom. The van der Waals surface area contributed by atoms with Crippen molar-refractivity contribution in [2.45, 2.75) is 19.3 Å². The second-order valence-electron chi connectivity index (χ2n) is 14.8. The maximum atomic E-state index is 9.61. The Bertz CT molecular complexity index is 3030. The van der Waals surface area contributed by atoms with E-state index in [-0.39, 0.29) is 5.41 Å². The zero-order valence-electron chi connectivity index (χ0n) is 31.1. The molecule has 0 saturated heterocycles. The van der Waals surface area contributed by atoms with Crippen LogP contribution in [0.15, 0.2) is 164 Å². The van der Waals surface area contributed by atoms with Gasteiger partial charge in [0, 0.05) is 21.8 Å². The molecule has 7 aromatic carbocycles. The molecule has 0 aliphatic carbocycles. The van der Waals surface area contributed by atoms with Crippen LogP contribution < -0.4 is 14.5 Å². The third-order valence-electron chi connectivity index (χ3n) is 11.3. The summed E-state index contributed by atoms with van der Waals surface area (Å²) in [6.07, 6.45) is 0. The van der Waals surface area contributed by atoms with E-state index >= 15 is 0 Å². The van der Waals surface area contributed by atoms with Gasteiger partial charge in [0.15, 0.2) is 11.5 Å². The van der Waals surface area contributed by atoms with E-state index in [4.69, 9.17) is 19.7 Å². The number of ether oxygens (including phenoxy) is 1. The summed E-state index contributed by atoms with van der Waals surface area (Å²) in [5.41, 5.74) is 10.2. The number of aromatic nitrogens is 4. The fourth-order valence-electron chi connectivity index (χ4n) is 8.63. The molecule has 2 aromatic heterocycles. The molecule has 8 nitrogen and oxygen atoms in total. The van der Waals surface area contributed by atoms with Crippen molar-refractivity contribution in [2.24, 2.45) is 0 Å². The van der Waals surface area contributed by atoms with Crippen molar-refractivity contribution in [2.75, 3.05) is 9.80 Å². The van der Waals surface area contributed by atoms with Gasteiger partial charge in [-0.15, -0.1) is 0 Å². The molecule has 0 saturated carbocycles. The molecule has 11 rings (SSSR count). The third kappa shape index (κ3) is 4.89. The van der Waals surface area contributed by atoms with E-state index in [9.17, 15) is 5.26 Å². The number of para-hydroxylation sites is 8. The molecule has 0 amide bonds. The molecule has 9 aromatic rings. The van der Waals surface area contributed by atoms with Crippen molar-refractivity contribution >= 4 is 56.5 Å². The Labute approximate surface area is 329 Å². The van der Waals surface area contributed by atoms with Gasteiger partial charge in [-0.1, -0.05) is 123 Å². The number of fused-ring (bicyclic) bond motifs is 7. The van der Waals surface area contributed by atoms with E-state index in [1.165, 1.54) is 11.1 Å². The lowest BCUT2D eigenvalue weighted by molar-refractivity contribution is 0.476. The number of hydrogen-bond acceptors (Lipinski definition) is 7. The molecule has 0 fully saturated rings. The SMILES string of the molecule is CC1(C)c2ccccc2N(c2nc(N3c4ccccc4Oc4ccccc43)nc(-n3c4ccccc4c4cccc(-c5ccc(C#N)cc5)c43)n2)c2ccccc21. The molecule has 2 aliphatic rings. The van der Waals surface area contributed by atoms with Gasteiger partial charge < -0.3 is 4.74 Å². The van der Waals surface area contributed by atoms with E-state index in [2.05, 4.69) is 125 Å². The lowest BCUT2D eigenvalue weighted by Crippen LogP contribution is -2.32. The summed E-state index contributed by atoms with van der Waals surface area (Å²) in [7, 11) is 0. The second kappa shape index (κ2) is 12.4. The van der Waals surface area contributed by atoms with Crippen LogP contribution >= 0.6 is 0 Å². The van der Waals surface area contributed by atoms with Crippen molar-refractivity contribution in [1.82, 2.24) is 19.5 Å². The lowest BCUT2D eigenvalue weighted by Gasteiger charge is -2.41. The highest BCUT2D eigenvalue weighted by atomic mass is 16.5. The normalized spacial score (nSPS) is 13.6. The van der Waals surface area contributed by atoms with Gasteiger partial charge in [0.1, 0.15) is 0 Å². The van der Waals surface area contributed by atoms with Crippen LogP contribution in [0.1, 0.15) is 30.5 Å². The summed E-state index contributed by atoms with van der Waals surface area (Å²) < 4.78 is 8.61. The van der Waals surface area contributed by atoms with E-state index in [0.717, 1.165) is 55.7 Å². The summed E-state index contributed by atoms with van der Waals surface area (Å²) in [4.78, 5) is 20.6. The highest BCUT2D eigenvalue weighted by Crippen LogP contribution is 2.53. The number of rotatable bonds is 4. The average molecular weight is 736 g/mol. The van der Waals surface area contributed by atoms with E-state index < -0.39 is 0 Å². The molecular weight excluding hydrogens is 703 g/mol. The minimum absolute atomic E-state index is 0.271. The van der Waals surface area contributed by atoms with Gasteiger partial charge in [0.05, 0.1) is 45.4 Å². The minimum atomic E-state index is -0.271. The van der Waals surface area contributed by atoms with Gasteiger partial charge >= 0.3 is 0 Å². The Morgan fingerprint density at radius 3 is 1.65 bits per heavy atom. The summed E-state index contributed by atoms with van der Waals surface area (Å²) in [6.45, 7) is 4.55. The quantitative estimate of drug-likeness (QED) is 0.178. The van der Waals surface area contributed by atoms with Crippen LogP contribution in [0.2, 0.25) is 0 Å². The van der Waals surface area contributed by atoms with Gasteiger partial charge in [-0.2, -0.15) is 20.2 Å². The molecule has 0 bridgehead atoms. The van der Waals surface area contributed by atoms with Crippen LogP contribution in [-0.4, -0.2) is 19.5 Å². The van der Waals surface area contributed by atoms with Crippen molar-refractivity contribution in [1.29, 1.82) is 5.26 Å². The number of benzene rings is 7. The predicted octanol–water partition coefficient (Wildman–Crippen LogP) is 12.2. The highest BCUT2D eigenvalue weighted by Gasteiger charge is 2.38. The zero-order chi connectivity index (χ0) is 38.3. The standard InChI is InChI=1S/C49H33N7O/c1-49(2)36-17-4-7-20-39(36)54(40-21-8-5-18-37(40)49)46-51-47(55-41-22-9-11-24-43(41)57-44-25-12-10-23-42(44)55)53-48(52-46)56-38-19-6-3-14-34(38)35-16-13-15-33(45(35)56)32-28-26-31(30-50)27-29-32/h3-29H,1-2H3. The van der Waals surface area contributed by atoms with Gasteiger partial charge in [-0.05, 0) is 71.3 Å². The Hall–Kier alpha value is -7.76.